The van der Waals surface area contributed by atoms with Gasteiger partial charge in [-0.2, -0.15) is 0 Å². The molecule has 0 saturated heterocycles. The molecular weight excluding hydrogens is 440 g/mol. The van der Waals surface area contributed by atoms with Crippen molar-refractivity contribution >= 4 is 58.4 Å². The number of para-hydroxylation sites is 1. The number of rotatable bonds is 7. The van der Waals surface area contributed by atoms with Crippen LogP contribution < -0.4 is 26.2 Å². The Kier molecular flexibility index (Phi) is 9.47. The minimum absolute atomic E-state index is 0.0531. The maximum absolute atomic E-state index is 11.9. The highest BCUT2D eigenvalue weighted by atomic mass is 35.5. The van der Waals surface area contributed by atoms with Gasteiger partial charge in [0.25, 0.3) is 0 Å². The SMILES string of the molecule is COc1ccc(C=CC(=O)NC(=S)NNC(=O)CCC(=O)Nc2ccccc2Cl)cc1. The molecule has 4 N–H and O–H groups in total. The molecule has 0 aliphatic carbocycles. The summed E-state index contributed by atoms with van der Waals surface area (Å²) in [6.07, 6.45) is 2.77. The van der Waals surface area contributed by atoms with Gasteiger partial charge in [0.05, 0.1) is 17.8 Å². The average Bonchev–Trinajstić information content (AvgIpc) is 2.76. The molecule has 3 amide bonds. The lowest BCUT2D eigenvalue weighted by molar-refractivity contribution is -0.124. The number of methoxy groups -OCH3 is 1. The molecule has 0 aliphatic heterocycles. The van der Waals surface area contributed by atoms with E-state index < -0.39 is 11.8 Å². The molecule has 0 atom stereocenters. The molecule has 2 aromatic rings. The smallest absolute Gasteiger partial charge is 0.250 e. The molecular formula is C21H21ClN4O4S. The Hall–Kier alpha value is -3.43. The molecule has 0 unspecified atom stereocenters. The maximum atomic E-state index is 11.9. The molecule has 10 heteroatoms. The zero-order chi connectivity index (χ0) is 22.6. The second-order valence-electron chi connectivity index (χ2n) is 6.13. The van der Waals surface area contributed by atoms with Crippen molar-refractivity contribution in [3.63, 3.8) is 0 Å². The Morgan fingerprint density at radius 2 is 1.68 bits per heavy atom. The maximum Gasteiger partial charge on any atom is 0.250 e. The Morgan fingerprint density at radius 3 is 2.35 bits per heavy atom. The van der Waals surface area contributed by atoms with Gasteiger partial charge in [0.1, 0.15) is 5.75 Å². The van der Waals surface area contributed by atoms with Crippen molar-refractivity contribution in [2.24, 2.45) is 0 Å². The summed E-state index contributed by atoms with van der Waals surface area (Å²) in [5.41, 5.74) is 6.00. The summed E-state index contributed by atoms with van der Waals surface area (Å²) in [5.74, 6) is -0.590. The summed E-state index contributed by atoms with van der Waals surface area (Å²) >= 11 is 10.9. The van der Waals surface area contributed by atoms with Crippen LogP contribution in [0.15, 0.2) is 54.6 Å². The van der Waals surface area contributed by atoms with Gasteiger partial charge in [0.15, 0.2) is 5.11 Å². The predicted molar refractivity (Wildman–Crippen MR) is 123 cm³/mol. The van der Waals surface area contributed by atoms with E-state index in [0.29, 0.717) is 16.5 Å². The number of carbonyl (C=O) groups is 3. The highest BCUT2D eigenvalue weighted by molar-refractivity contribution is 7.80. The van der Waals surface area contributed by atoms with Gasteiger partial charge in [-0.1, -0.05) is 35.9 Å². The molecule has 0 spiro atoms. The lowest BCUT2D eigenvalue weighted by Crippen LogP contribution is -2.48. The van der Waals surface area contributed by atoms with Gasteiger partial charge in [-0.3, -0.25) is 30.6 Å². The normalized spacial score (nSPS) is 10.3. The molecule has 0 saturated carbocycles. The fourth-order valence-electron chi connectivity index (χ4n) is 2.26. The van der Waals surface area contributed by atoms with E-state index in [2.05, 4.69) is 21.5 Å². The van der Waals surface area contributed by atoms with Crippen LogP contribution in [0.4, 0.5) is 5.69 Å². The third-order valence-electron chi connectivity index (χ3n) is 3.82. The second kappa shape index (κ2) is 12.3. The summed E-state index contributed by atoms with van der Waals surface area (Å²) in [6, 6.07) is 13.9. The van der Waals surface area contributed by atoms with Crippen LogP contribution in [0, 0.1) is 0 Å². The number of hydrogen-bond acceptors (Lipinski definition) is 5. The zero-order valence-electron chi connectivity index (χ0n) is 16.6. The Bertz CT molecular complexity index is 980. The first kappa shape index (κ1) is 23.8. The van der Waals surface area contributed by atoms with Gasteiger partial charge in [0.2, 0.25) is 17.7 Å². The van der Waals surface area contributed by atoms with Crippen molar-refractivity contribution in [2.75, 3.05) is 12.4 Å². The lowest BCUT2D eigenvalue weighted by Gasteiger charge is -2.10. The summed E-state index contributed by atoms with van der Waals surface area (Å²) < 4.78 is 5.06. The number of hydrogen-bond donors (Lipinski definition) is 4. The van der Waals surface area contributed by atoms with Crippen LogP contribution in [0.5, 0.6) is 5.75 Å². The molecule has 2 aromatic carbocycles. The summed E-state index contributed by atoms with van der Waals surface area (Å²) in [5, 5.41) is 5.34. The van der Waals surface area contributed by atoms with Gasteiger partial charge in [-0.05, 0) is 48.1 Å². The van der Waals surface area contributed by atoms with Crippen LogP contribution in [0.2, 0.25) is 5.02 Å². The van der Waals surface area contributed by atoms with E-state index in [1.54, 1.807) is 61.7 Å². The summed E-state index contributed by atoms with van der Waals surface area (Å²) in [7, 11) is 1.57. The van der Waals surface area contributed by atoms with Crippen molar-refractivity contribution in [1.29, 1.82) is 0 Å². The molecule has 0 bridgehead atoms. The van der Waals surface area contributed by atoms with E-state index in [9.17, 15) is 14.4 Å². The molecule has 0 radical (unpaired) electrons. The highest BCUT2D eigenvalue weighted by Gasteiger charge is 2.09. The van der Waals surface area contributed by atoms with Gasteiger partial charge >= 0.3 is 0 Å². The Labute approximate surface area is 190 Å². The van der Waals surface area contributed by atoms with Crippen LogP contribution in [-0.4, -0.2) is 29.9 Å². The predicted octanol–water partition coefficient (Wildman–Crippen LogP) is 2.80. The molecule has 0 heterocycles. The quantitative estimate of drug-likeness (QED) is 0.287. The molecule has 2 rings (SSSR count). The van der Waals surface area contributed by atoms with Crippen molar-refractivity contribution in [3.05, 3.63) is 65.2 Å². The first-order valence-electron chi connectivity index (χ1n) is 9.13. The minimum Gasteiger partial charge on any atom is -0.497 e. The standard InChI is InChI=1S/C21H21ClN4O4S/c1-30-15-9-6-14(7-10-15)8-11-19(28)24-21(31)26-25-20(29)13-12-18(27)23-17-5-3-2-4-16(17)22/h2-11H,12-13H2,1H3,(H,23,27)(H,25,29)(H2,24,26,28,31). The second-order valence-corrected chi connectivity index (χ2v) is 6.94. The monoisotopic (exact) mass is 460 g/mol. The van der Waals surface area contributed by atoms with E-state index >= 15 is 0 Å². The van der Waals surface area contributed by atoms with Gasteiger partial charge in [-0.15, -0.1) is 0 Å². The van der Waals surface area contributed by atoms with E-state index in [0.717, 1.165) is 5.56 Å². The summed E-state index contributed by atoms with van der Waals surface area (Å²) in [6.45, 7) is 0. The zero-order valence-corrected chi connectivity index (χ0v) is 18.2. The number of benzene rings is 2. The highest BCUT2D eigenvalue weighted by Crippen LogP contribution is 2.20. The average molecular weight is 461 g/mol. The van der Waals surface area contributed by atoms with E-state index in [-0.39, 0.29) is 23.9 Å². The van der Waals surface area contributed by atoms with Gasteiger partial charge in [0, 0.05) is 18.9 Å². The van der Waals surface area contributed by atoms with Crippen molar-refractivity contribution < 1.29 is 19.1 Å². The molecule has 162 valence electrons. The van der Waals surface area contributed by atoms with E-state index in [1.165, 1.54) is 6.08 Å². The van der Waals surface area contributed by atoms with Crippen LogP contribution in [0.25, 0.3) is 6.08 Å². The lowest BCUT2D eigenvalue weighted by atomic mass is 10.2. The van der Waals surface area contributed by atoms with Crippen LogP contribution >= 0.6 is 23.8 Å². The van der Waals surface area contributed by atoms with Crippen LogP contribution in [0.3, 0.4) is 0 Å². The third kappa shape index (κ3) is 8.85. The largest absolute Gasteiger partial charge is 0.497 e. The first-order valence-corrected chi connectivity index (χ1v) is 9.92. The molecule has 0 aliphatic rings. The van der Waals surface area contributed by atoms with E-state index in [4.69, 9.17) is 28.6 Å². The Balaban J connectivity index is 1.67. The van der Waals surface area contributed by atoms with Crippen LogP contribution in [0.1, 0.15) is 18.4 Å². The molecule has 0 aromatic heterocycles. The number of anilines is 1. The van der Waals surface area contributed by atoms with Gasteiger partial charge in [-0.25, -0.2) is 0 Å². The number of ether oxygens (including phenoxy) is 1. The number of hydrazine groups is 1. The molecule has 31 heavy (non-hydrogen) atoms. The molecule has 8 nitrogen and oxygen atoms in total. The number of thiocarbonyl (C=S) groups is 1. The topological polar surface area (TPSA) is 109 Å². The van der Waals surface area contributed by atoms with Crippen molar-refractivity contribution in [1.82, 2.24) is 16.2 Å². The van der Waals surface area contributed by atoms with Gasteiger partial charge < -0.3 is 10.1 Å². The number of amides is 3. The number of nitrogens with one attached hydrogen (secondary N) is 4. The minimum atomic E-state index is -0.473. The first-order chi connectivity index (χ1) is 14.9. The number of halogens is 1. The fourth-order valence-corrected chi connectivity index (χ4v) is 2.60. The van der Waals surface area contributed by atoms with E-state index in [1.807, 2.05) is 0 Å². The van der Waals surface area contributed by atoms with Crippen LogP contribution in [-0.2, 0) is 14.4 Å². The fraction of sp³-hybridized carbons (Fsp3) is 0.143. The molecule has 0 fully saturated rings. The summed E-state index contributed by atoms with van der Waals surface area (Å²) in [4.78, 5) is 35.6. The van der Waals surface area contributed by atoms with Crippen molar-refractivity contribution in [3.8, 4) is 5.75 Å². The number of carbonyl (C=O) groups excluding carboxylic acids is 3. The third-order valence-corrected chi connectivity index (χ3v) is 4.36. The van der Waals surface area contributed by atoms with Crippen molar-refractivity contribution in [2.45, 2.75) is 12.8 Å². The Morgan fingerprint density at radius 1 is 1.00 bits per heavy atom.